The molecule has 1 N–H and O–H groups in total. The highest BCUT2D eigenvalue weighted by atomic mass is 15.1. The Hall–Kier alpha value is -1.12. The van der Waals surface area contributed by atoms with Gasteiger partial charge in [-0.15, -0.1) is 6.58 Å². The summed E-state index contributed by atoms with van der Waals surface area (Å²) in [5.74, 6) is 0. The molecule has 1 aliphatic heterocycles. The maximum absolute atomic E-state index is 3.75. The molecular formula is C13H18N2. The monoisotopic (exact) mass is 202 g/mol. The molecule has 15 heavy (non-hydrogen) atoms. The third-order valence-corrected chi connectivity index (χ3v) is 2.79. The van der Waals surface area contributed by atoms with Crippen LogP contribution in [0.3, 0.4) is 0 Å². The van der Waals surface area contributed by atoms with Gasteiger partial charge in [-0.3, -0.25) is 4.90 Å². The van der Waals surface area contributed by atoms with E-state index in [-0.39, 0.29) is 0 Å². The van der Waals surface area contributed by atoms with Crippen molar-refractivity contribution >= 4 is 0 Å². The van der Waals surface area contributed by atoms with Crippen LogP contribution in [0.2, 0.25) is 0 Å². The van der Waals surface area contributed by atoms with Crippen molar-refractivity contribution in [3.05, 3.63) is 47.5 Å². The first kappa shape index (κ1) is 10.4. The molecule has 0 aromatic heterocycles. The number of nitrogens with zero attached hydrogens (tertiary/aromatic N) is 1. The van der Waals surface area contributed by atoms with Crippen LogP contribution in [0.25, 0.3) is 0 Å². The molecule has 0 saturated carbocycles. The fourth-order valence-electron chi connectivity index (χ4n) is 2.04. The number of nitrogens with one attached hydrogen (secondary N) is 1. The standard InChI is InChI=1S/C13H18N2/c1-3-6-15(2)10-11-4-5-12-8-14-9-13(12)7-11/h3-5,7,14H,1,6,8-10H2,2H3. The predicted octanol–water partition coefficient (Wildman–Crippen LogP) is 1.91. The lowest BCUT2D eigenvalue weighted by molar-refractivity contribution is 0.363. The predicted molar refractivity (Wildman–Crippen MR) is 63.5 cm³/mol. The fraction of sp³-hybridized carbons (Fsp3) is 0.385. The second-order valence-corrected chi connectivity index (χ2v) is 4.19. The van der Waals surface area contributed by atoms with Crippen LogP contribution in [0.4, 0.5) is 0 Å². The summed E-state index contributed by atoms with van der Waals surface area (Å²) in [5, 5.41) is 3.36. The van der Waals surface area contributed by atoms with Gasteiger partial charge in [-0.1, -0.05) is 24.3 Å². The number of hydrogen-bond acceptors (Lipinski definition) is 2. The maximum atomic E-state index is 3.75. The van der Waals surface area contributed by atoms with Crippen molar-refractivity contribution in [2.45, 2.75) is 19.6 Å². The van der Waals surface area contributed by atoms with E-state index in [2.05, 4.69) is 42.0 Å². The molecule has 0 saturated heterocycles. The molecule has 1 heterocycles. The lowest BCUT2D eigenvalue weighted by Crippen LogP contribution is -2.17. The molecule has 0 amide bonds. The number of fused-ring (bicyclic) bond motifs is 1. The Kier molecular flexibility index (Phi) is 3.19. The maximum Gasteiger partial charge on any atom is 0.0234 e. The van der Waals surface area contributed by atoms with Crippen LogP contribution >= 0.6 is 0 Å². The molecule has 1 aromatic rings. The van der Waals surface area contributed by atoms with Crippen molar-refractivity contribution in [1.82, 2.24) is 10.2 Å². The molecule has 2 nitrogen and oxygen atoms in total. The van der Waals surface area contributed by atoms with Crippen LogP contribution in [0.1, 0.15) is 16.7 Å². The molecule has 0 unspecified atom stereocenters. The summed E-state index contributed by atoms with van der Waals surface area (Å²) in [4.78, 5) is 2.26. The van der Waals surface area contributed by atoms with Gasteiger partial charge in [0.15, 0.2) is 0 Å². The van der Waals surface area contributed by atoms with Gasteiger partial charge in [-0.25, -0.2) is 0 Å². The Bertz CT molecular complexity index is 358. The zero-order valence-corrected chi connectivity index (χ0v) is 9.29. The quantitative estimate of drug-likeness (QED) is 0.750. The van der Waals surface area contributed by atoms with Crippen molar-refractivity contribution in [3.8, 4) is 0 Å². The number of likely N-dealkylation sites (N-methyl/N-ethyl adjacent to an activating group) is 1. The van der Waals surface area contributed by atoms with Crippen LogP contribution in [-0.2, 0) is 19.6 Å². The highest BCUT2D eigenvalue weighted by Gasteiger charge is 2.10. The summed E-state index contributed by atoms with van der Waals surface area (Å²) >= 11 is 0. The molecule has 80 valence electrons. The third kappa shape index (κ3) is 2.46. The zero-order valence-electron chi connectivity index (χ0n) is 9.29. The van der Waals surface area contributed by atoms with Gasteiger partial charge in [0.2, 0.25) is 0 Å². The molecule has 0 radical (unpaired) electrons. The van der Waals surface area contributed by atoms with Gasteiger partial charge in [-0.05, 0) is 23.7 Å². The number of hydrogen-bond donors (Lipinski definition) is 1. The molecule has 1 aromatic carbocycles. The van der Waals surface area contributed by atoms with Gasteiger partial charge in [0.25, 0.3) is 0 Å². The minimum absolute atomic E-state index is 0.940. The summed E-state index contributed by atoms with van der Waals surface area (Å²) < 4.78 is 0. The van der Waals surface area contributed by atoms with E-state index in [1.165, 1.54) is 16.7 Å². The lowest BCUT2D eigenvalue weighted by atomic mass is 10.1. The average molecular weight is 202 g/mol. The average Bonchev–Trinajstić information content (AvgIpc) is 2.65. The second-order valence-electron chi connectivity index (χ2n) is 4.19. The Morgan fingerprint density at radius 1 is 1.40 bits per heavy atom. The van der Waals surface area contributed by atoms with Gasteiger partial charge in [0.1, 0.15) is 0 Å². The first-order chi connectivity index (χ1) is 7.29. The van der Waals surface area contributed by atoms with E-state index in [4.69, 9.17) is 0 Å². The second kappa shape index (κ2) is 4.60. The Balaban J connectivity index is 2.06. The van der Waals surface area contributed by atoms with Crippen molar-refractivity contribution in [1.29, 1.82) is 0 Å². The summed E-state index contributed by atoms with van der Waals surface area (Å²) in [6, 6.07) is 6.78. The Morgan fingerprint density at radius 3 is 3.00 bits per heavy atom. The highest BCUT2D eigenvalue weighted by molar-refractivity contribution is 5.34. The van der Waals surface area contributed by atoms with Gasteiger partial charge < -0.3 is 5.32 Å². The Morgan fingerprint density at radius 2 is 2.20 bits per heavy atom. The molecule has 2 rings (SSSR count). The minimum atomic E-state index is 0.940. The molecule has 0 bridgehead atoms. The van der Waals surface area contributed by atoms with Crippen LogP contribution < -0.4 is 5.32 Å². The van der Waals surface area contributed by atoms with Crippen LogP contribution in [0, 0.1) is 0 Å². The van der Waals surface area contributed by atoms with Crippen molar-refractivity contribution in [2.24, 2.45) is 0 Å². The molecule has 0 aliphatic carbocycles. The van der Waals surface area contributed by atoms with Crippen molar-refractivity contribution in [2.75, 3.05) is 13.6 Å². The van der Waals surface area contributed by atoms with E-state index in [1.54, 1.807) is 0 Å². The topological polar surface area (TPSA) is 15.3 Å². The van der Waals surface area contributed by atoms with E-state index in [1.807, 2.05) is 6.08 Å². The Labute approximate surface area is 91.6 Å². The molecule has 2 heteroatoms. The first-order valence-corrected chi connectivity index (χ1v) is 5.40. The van der Waals surface area contributed by atoms with E-state index in [9.17, 15) is 0 Å². The highest BCUT2D eigenvalue weighted by Crippen LogP contribution is 2.17. The van der Waals surface area contributed by atoms with Gasteiger partial charge in [-0.2, -0.15) is 0 Å². The van der Waals surface area contributed by atoms with E-state index >= 15 is 0 Å². The molecule has 1 aliphatic rings. The molecule has 0 spiro atoms. The van der Waals surface area contributed by atoms with Gasteiger partial charge in [0.05, 0.1) is 0 Å². The lowest BCUT2D eigenvalue weighted by Gasteiger charge is -2.14. The van der Waals surface area contributed by atoms with Gasteiger partial charge in [0, 0.05) is 26.2 Å². The van der Waals surface area contributed by atoms with Crippen molar-refractivity contribution in [3.63, 3.8) is 0 Å². The third-order valence-electron chi connectivity index (χ3n) is 2.79. The summed E-state index contributed by atoms with van der Waals surface area (Å²) in [6.07, 6.45) is 1.94. The van der Waals surface area contributed by atoms with E-state index < -0.39 is 0 Å². The minimum Gasteiger partial charge on any atom is -0.309 e. The zero-order chi connectivity index (χ0) is 10.7. The molecular weight excluding hydrogens is 184 g/mol. The fourth-order valence-corrected chi connectivity index (χ4v) is 2.04. The van der Waals surface area contributed by atoms with Crippen molar-refractivity contribution < 1.29 is 0 Å². The largest absolute Gasteiger partial charge is 0.309 e. The smallest absolute Gasteiger partial charge is 0.0234 e. The van der Waals surface area contributed by atoms with Gasteiger partial charge >= 0.3 is 0 Å². The normalized spacial score (nSPS) is 14.3. The summed E-state index contributed by atoms with van der Waals surface area (Å²) in [7, 11) is 2.12. The van der Waals surface area contributed by atoms with Crippen LogP contribution in [-0.4, -0.2) is 18.5 Å². The summed E-state index contributed by atoms with van der Waals surface area (Å²) in [6.45, 7) is 7.74. The number of benzene rings is 1. The molecule has 0 atom stereocenters. The van der Waals surface area contributed by atoms with Crippen LogP contribution in [0.15, 0.2) is 30.9 Å². The number of rotatable bonds is 4. The van der Waals surface area contributed by atoms with E-state index in [0.29, 0.717) is 0 Å². The SMILES string of the molecule is C=CCN(C)Cc1ccc2c(c1)CNC2. The van der Waals surface area contributed by atoms with E-state index in [0.717, 1.165) is 26.2 Å². The van der Waals surface area contributed by atoms with Crippen LogP contribution in [0.5, 0.6) is 0 Å². The first-order valence-electron chi connectivity index (χ1n) is 5.40. The summed E-state index contributed by atoms with van der Waals surface area (Å²) in [5.41, 5.74) is 4.30. The molecule has 0 fully saturated rings.